The standard InChI is InChI=1S/C22H22N4O2/c1-15-22(21(28)14-25-10-8-18(27)9-11-25)19-4-2-3-5-20(19)26(15)17-7-6-16(12-23)24-13-17/h2-7,13,18,27H,8-11,14H2,1H3. The third-order valence-electron chi connectivity index (χ3n) is 5.44. The molecule has 2 aromatic heterocycles. The number of aliphatic hydroxyl groups is 1. The number of pyridine rings is 1. The number of piperidine rings is 1. The zero-order valence-electron chi connectivity index (χ0n) is 15.8. The molecular weight excluding hydrogens is 352 g/mol. The van der Waals surface area contributed by atoms with E-state index in [0.29, 0.717) is 25.1 Å². The minimum atomic E-state index is -0.251. The normalized spacial score (nSPS) is 15.6. The summed E-state index contributed by atoms with van der Waals surface area (Å²) >= 11 is 0. The number of carbonyl (C=O) groups excluding carboxylic acids is 1. The number of aromatic nitrogens is 2. The summed E-state index contributed by atoms with van der Waals surface area (Å²) in [5.74, 6) is 0.0884. The summed E-state index contributed by atoms with van der Waals surface area (Å²) in [6.45, 7) is 3.78. The van der Waals surface area contributed by atoms with Gasteiger partial charge < -0.3 is 9.67 Å². The average Bonchev–Trinajstić information content (AvgIpc) is 3.01. The topological polar surface area (TPSA) is 82.2 Å². The van der Waals surface area contributed by atoms with E-state index in [0.717, 1.165) is 40.9 Å². The zero-order chi connectivity index (χ0) is 19.7. The third kappa shape index (κ3) is 3.31. The molecule has 3 heterocycles. The zero-order valence-corrected chi connectivity index (χ0v) is 15.8. The molecule has 0 atom stereocenters. The SMILES string of the molecule is Cc1c(C(=O)CN2CCC(O)CC2)c2ccccc2n1-c1ccc(C#N)nc1. The van der Waals surface area contributed by atoms with Gasteiger partial charge in [-0.3, -0.25) is 9.69 Å². The van der Waals surface area contributed by atoms with Gasteiger partial charge >= 0.3 is 0 Å². The molecule has 6 heteroatoms. The van der Waals surface area contributed by atoms with Gasteiger partial charge in [0.05, 0.1) is 30.0 Å². The maximum Gasteiger partial charge on any atom is 0.179 e. The molecule has 0 bridgehead atoms. The Morgan fingerprint density at radius 2 is 2.00 bits per heavy atom. The minimum Gasteiger partial charge on any atom is -0.393 e. The van der Waals surface area contributed by atoms with Crippen molar-refractivity contribution in [2.45, 2.75) is 25.9 Å². The van der Waals surface area contributed by atoms with Crippen molar-refractivity contribution in [1.29, 1.82) is 5.26 Å². The molecule has 1 aliphatic heterocycles. The van der Waals surface area contributed by atoms with Gasteiger partial charge in [-0.05, 0) is 38.0 Å². The first kappa shape index (κ1) is 18.4. The van der Waals surface area contributed by atoms with Crippen LogP contribution in [-0.4, -0.2) is 51.1 Å². The van der Waals surface area contributed by atoms with Crippen molar-refractivity contribution in [1.82, 2.24) is 14.5 Å². The molecule has 6 nitrogen and oxygen atoms in total. The molecule has 0 radical (unpaired) electrons. The van der Waals surface area contributed by atoms with Crippen LogP contribution in [0.1, 0.15) is 34.6 Å². The molecule has 28 heavy (non-hydrogen) atoms. The number of nitriles is 1. The first-order valence-electron chi connectivity index (χ1n) is 9.48. The number of fused-ring (bicyclic) bond motifs is 1. The van der Waals surface area contributed by atoms with E-state index in [-0.39, 0.29) is 11.9 Å². The van der Waals surface area contributed by atoms with E-state index in [4.69, 9.17) is 5.26 Å². The van der Waals surface area contributed by atoms with Crippen LogP contribution in [0.25, 0.3) is 16.6 Å². The lowest BCUT2D eigenvalue weighted by Gasteiger charge is -2.28. The van der Waals surface area contributed by atoms with Gasteiger partial charge in [-0.1, -0.05) is 18.2 Å². The molecule has 142 valence electrons. The molecule has 1 saturated heterocycles. The second-order valence-electron chi connectivity index (χ2n) is 7.26. The number of likely N-dealkylation sites (tertiary alicyclic amines) is 1. The van der Waals surface area contributed by atoms with Crippen molar-refractivity contribution in [3.05, 3.63) is 59.5 Å². The van der Waals surface area contributed by atoms with Crippen LogP contribution < -0.4 is 0 Å². The van der Waals surface area contributed by atoms with Crippen LogP contribution in [0.2, 0.25) is 0 Å². The summed E-state index contributed by atoms with van der Waals surface area (Å²) in [6, 6.07) is 13.4. The molecule has 0 amide bonds. The number of rotatable bonds is 4. The number of hydrogen-bond acceptors (Lipinski definition) is 5. The maximum absolute atomic E-state index is 13.2. The van der Waals surface area contributed by atoms with Gasteiger partial charge in [0, 0.05) is 29.7 Å². The molecule has 4 rings (SSSR count). The molecule has 1 aromatic carbocycles. The lowest BCUT2D eigenvalue weighted by Crippen LogP contribution is -2.39. The highest BCUT2D eigenvalue weighted by Gasteiger charge is 2.24. The van der Waals surface area contributed by atoms with Crippen LogP contribution in [0, 0.1) is 18.3 Å². The van der Waals surface area contributed by atoms with Gasteiger partial charge in [0.25, 0.3) is 0 Å². The van der Waals surface area contributed by atoms with Crippen molar-refractivity contribution >= 4 is 16.7 Å². The number of hydrogen-bond donors (Lipinski definition) is 1. The van der Waals surface area contributed by atoms with E-state index >= 15 is 0 Å². The van der Waals surface area contributed by atoms with Crippen LogP contribution >= 0.6 is 0 Å². The average molecular weight is 374 g/mol. The molecule has 1 N–H and O–H groups in total. The molecular formula is C22H22N4O2. The number of nitrogens with zero attached hydrogens (tertiary/aromatic N) is 4. The highest BCUT2D eigenvalue weighted by atomic mass is 16.3. The fourth-order valence-corrected chi connectivity index (χ4v) is 4.00. The van der Waals surface area contributed by atoms with Crippen LogP contribution in [0.4, 0.5) is 0 Å². The van der Waals surface area contributed by atoms with Crippen molar-refractivity contribution < 1.29 is 9.90 Å². The largest absolute Gasteiger partial charge is 0.393 e. The van der Waals surface area contributed by atoms with Crippen molar-refractivity contribution in [3.63, 3.8) is 0 Å². The van der Waals surface area contributed by atoms with E-state index in [2.05, 4.69) is 9.88 Å². The van der Waals surface area contributed by atoms with Gasteiger partial charge in [-0.15, -0.1) is 0 Å². The fraction of sp³-hybridized carbons (Fsp3) is 0.318. The fourth-order valence-electron chi connectivity index (χ4n) is 4.00. The van der Waals surface area contributed by atoms with Gasteiger partial charge in [-0.2, -0.15) is 5.26 Å². The van der Waals surface area contributed by atoms with E-state index in [1.807, 2.05) is 47.9 Å². The summed E-state index contributed by atoms with van der Waals surface area (Å²) in [5.41, 5.74) is 3.74. The number of carbonyl (C=O) groups is 1. The maximum atomic E-state index is 13.2. The Kier molecular flexibility index (Phi) is 4.95. The number of ketones is 1. The summed E-state index contributed by atoms with van der Waals surface area (Å²) in [5, 5.41) is 19.6. The van der Waals surface area contributed by atoms with Crippen LogP contribution in [-0.2, 0) is 0 Å². The first-order chi connectivity index (χ1) is 13.6. The Morgan fingerprint density at radius 1 is 1.25 bits per heavy atom. The summed E-state index contributed by atoms with van der Waals surface area (Å²) < 4.78 is 2.02. The van der Waals surface area contributed by atoms with E-state index in [1.165, 1.54) is 0 Å². The van der Waals surface area contributed by atoms with Crippen LogP contribution in [0.3, 0.4) is 0 Å². The lowest BCUT2D eigenvalue weighted by atomic mass is 10.0. The van der Waals surface area contributed by atoms with Crippen LogP contribution in [0.15, 0.2) is 42.6 Å². The van der Waals surface area contributed by atoms with E-state index < -0.39 is 0 Å². The Morgan fingerprint density at radius 3 is 2.68 bits per heavy atom. The van der Waals surface area contributed by atoms with Gasteiger partial charge in [-0.25, -0.2) is 4.98 Å². The summed E-state index contributed by atoms with van der Waals surface area (Å²) in [4.78, 5) is 19.5. The van der Waals surface area contributed by atoms with Crippen molar-refractivity contribution in [3.8, 4) is 11.8 Å². The van der Waals surface area contributed by atoms with E-state index in [9.17, 15) is 9.90 Å². The number of benzene rings is 1. The predicted octanol–water partition coefficient (Wildman–Crippen LogP) is 2.85. The Balaban J connectivity index is 1.74. The molecule has 0 spiro atoms. The quantitative estimate of drug-likeness (QED) is 0.710. The Bertz CT molecular complexity index is 1050. The van der Waals surface area contributed by atoms with Crippen LogP contribution in [0.5, 0.6) is 0 Å². The summed E-state index contributed by atoms with van der Waals surface area (Å²) in [6.07, 6.45) is 2.84. The van der Waals surface area contributed by atoms with Gasteiger partial charge in [0.2, 0.25) is 0 Å². The van der Waals surface area contributed by atoms with Gasteiger partial charge in [0.15, 0.2) is 5.78 Å². The number of para-hydroxylation sites is 1. The number of aliphatic hydroxyl groups excluding tert-OH is 1. The lowest BCUT2D eigenvalue weighted by molar-refractivity contribution is 0.0711. The van der Waals surface area contributed by atoms with Gasteiger partial charge in [0.1, 0.15) is 11.8 Å². The molecule has 0 saturated carbocycles. The highest BCUT2D eigenvalue weighted by Crippen LogP contribution is 2.29. The Hall–Kier alpha value is -3.01. The smallest absolute Gasteiger partial charge is 0.179 e. The predicted molar refractivity (Wildman–Crippen MR) is 107 cm³/mol. The highest BCUT2D eigenvalue weighted by molar-refractivity contribution is 6.10. The summed E-state index contributed by atoms with van der Waals surface area (Å²) in [7, 11) is 0. The third-order valence-corrected chi connectivity index (χ3v) is 5.44. The molecule has 1 aliphatic rings. The van der Waals surface area contributed by atoms with Crippen molar-refractivity contribution in [2.75, 3.05) is 19.6 Å². The number of Topliss-reactive ketones (excluding diaryl/α,β-unsaturated/α-hetero) is 1. The van der Waals surface area contributed by atoms with Crippen molar-refractivity contribution in [2.24, 2.45) is 0 Å². The molecule has 3 aromatic rings. The molecule has 0 aliphatic carbocycles. The second kappa shape index (κ2) is 7.55. The van der Waals surface area contributed by atoms with E-state index in [1.54, 1.807) is 12.3 Å². The molecule has 1 fully saturated rings. The minimum absolute atomic E-state index is 0.0884. The molecule has 0 unspecified atom stereocenters. The monoisotopic (exact) mass is 374 g/mol. The first-order valence-corrected chi connectivity index (χ1v) is 9.48. The second-order valence-corrected chi connectivity index (χ2v) is 7.26. The Labute approximate surface area is 163 Å².